The van der Waals surface area contributed by atoms with Crippen LogP contribution in [0.25, 0.3) is 0 Å². The highest BCUT2D eigenvalue weighted by Gasteiger charge is 2.18. The molecule has 0 spiro atoms. The smallest absolute Gasteiger partial charge is 0.162 e. The molecule has 0 amide bonds. The quantitative estimate of drug-likeness (QED) is 0.760. The van der Waals surface area contributed by atoms with Crippen molar-refractivity contribution in [3.63, 3.8) is 0 Å². The Bertz CT molecular complexity index is 264. The largest absolute Gasteiger partial charge is 0.388 e. The lowest BCUT2D eigenvalue weighted by Crippen LogP contribution is -2.04. The van der Waals surface area contributed by atoms with Crippen molar-refractivity contribution in [1.29, 1.82) is 0 Å². The molecule has 0 radical (unpaired) electrons. The van der Waals surface area contributed by atoms with Gasteiger partial charge in [0.25, 0.3) is 0 Å². The maximum Gasteiger partial charge on any atom is 0.162 e. The van der Waals surface area contributed by atoms with Crippen molar-refractivity contribution in [2.24, 2.45) is 0 Å². The van der Waals surface area contributed by atoms with Gasteiger partial charge in [-0.15, -0.1) is 0 Å². The summed E-state index contributed by atoms with van der Waals surface area (Å²) in [5.74, 6) is 1.15. The fourth-order valence-electron chi connectivity index (χ4n) is 1.99. The Morgan fingerprint density at radius 1 is 1.38 bits per heavy atom. The lowest BCUT2D eigenvalue weighted by atomic mass is 9.87. The third kappa shape index (κ3) is 1.91. The van der Waals surface area contributed by atoms with Crippen molar-refractivity contribution in [1.82, 2.24) is 5.16 Å². The van der Waals surface area contributed by atoms with Crippen LogP contribution in [0, 0.1) is 0 Å². The molecule has 0 bridgehead atoms. The molecule has 72 valence electrons. The average molecular weight is 181 g/mol. The van der Waals surface area contributed by atoms with Crippen molar-refractivity contribution in [2.75, 3.05) is 0 Å². The number of aromatic nitrogens is 1. The summed E-state index contributed by atoms with van der Waals surface area (Å²) in [7, 11) is 0. The van der Waals surface area contributed by atoms with E-state index in [2.05, 4.69) is 5.16 Å². The Hall–Kier alpha value is -0.830. The van der Waals surface area contributed by atoms with Crippen LogP contribution in [0.1, 0.15) is 49.5 Å². The fourth-order valence-corrected chi connectivity index (χ4v) is 1.99. The second-order valence-electron chi connectivity index (χ2n) is 3.71. The van der Waals surface area contributed by atoms with Crippen LogP contribution in [-0.4, -0.2) is 10.3 Å². The fraction of sp³-hybridized carbons (Fsp3) is 0.700. The van der Waals surface area contributed by atoms with E-state index < -0.39 is 0 Å². The van der Waals surface area contributed by atoms with Crippen LogP contribution in [0.2, 0.25) is 0 Å². The van der Waals surface area contributed by atoms with E-state index in [0.717, 1.165) is 5.69 Å². The highest BCUT2D eigenvalue weighted by Crippen LogP contribution is 2.31. The zero-order valence-electron chi connectivity index (χ0n) is 7.70. The summed E-state index contributed by atoms with van der Waals surface area (Å²) in [6.45, 7) is -0.0419. The van der Waals surface area contributed by atoms with Crippen molar-refractivity contribution in [3.8, 4) is 0 Å². The van der Waals surface area contributed by atoms with Crippen LogP contribution in [0.4, 0.5) is 0 Å². The molecule has 2 rings (SSSR count). The summed E-state index contributed by atoms with van der Waals surface area (Å²) in [5.41, 5.74) is 1.03. The number of rotatable bonds is 2. The van der Waals surface area contributed by atoms with E-state index in [-0.39, 0.29) is 6.61 Å². The lowest BCUT2D eigenvalue weighted by Gasteiger charge is -2.18. The van der Waals surface area contributed by atoms with Crippen molar-refractivity contribution in [2.45, 2.75) is 44.6 Å². The maximum atomic E-state index is 8.82. The number of aliphatic hydroxyl groups excluding tert-OH is 1. The molecule has 1 aliphatic rings. The Kier molecular flexibility index (Phi) is 2.64. The molecule has 0 aromatic carbocycles. The molecule has 13 heavy (non-hydrogen) atoms. The minimum atomic E-state index is -0.0419. The van der Waals surface area contributed by atoms with Crippen molar-refractivity contribution >= 4 is 0 Å². The van der Waals surface area contributed by atoms with Gasteiger partial charge in [-0.25, -0.2) is 0 Å². The molecule has 0 unspecified atom stereocenters. The molecule has 1 heterocycles. The lowest BCUT2D eigenvalue weighted by molar-refractivity contribution is 0.227. The molecule has 1 aromatic heterocycles. The van der Waals surface area contributed by atoms with E-state index in [1.165, 1.54) is 32.1 Å². The maximum absolute atomic E-state index is 8.82. The molecule has 0 atom stereocenters. The van der Waals surface area contributed by atoms with Gasteiger partial charge in [-0.3, -0.25) is 0 Å². The molecule has 1 aliphatic carbocycles. The third-order valence-electron chi connectivity index (χ3n) is 2.76. The molecule has 3 heteroatoms. The first kappa shape index (κ1) is 8.75. The summed E-state index contributed by atoms with van der Waals surface area (Å²) in [4.78, 5) is 0. The molecule has 1 saturated carbocycles. The summed E-state index contributed by atoms with van der Waals surface area (Å²) in [6.07, 6.45) is 6.38. The van der Waals surface area contributed by atoms with Crippen LogP contribution in [0.3, 0.4) is 0 Å². The molecule has 3 nitrogen and oxygen atoms in total. The average Bonchev–Trinajstić information content (AvgIpc) is 2.67. The Labute approximate surface area is 77.7 Å². The molecule has 1 fully saturated rings. The number of hydrogen-bond donors (Lipinski definition) is 1. The summed E-state index contributed by atoms with van der Waals surface area (Å²) < 4.78 is 4.97. The van der Waals surface area contributed by atoms with Gasteiger partial charge in [0, 0.05) is 12.0 Å². The third-order valence-corrected chi connectivity index (χ3v) is 2.76. The van der Waals surface area contributed by atoms with E-state index in [4.69, 9.17) is 9.63 Å². The van der Waals surface area contributed by atoms with Crippen LogP contribution in [0.15, 0.2) is 10.6 Å². The minimum Gasteiger partial charge on any atom is -0.388 e. The second kappa shape index (κ2) is 3.92. The Balaban J connectivity index is 2.05. The molecule has 0 saturated heterocycles. The molecular formula is C10H15NO2. The van der Waals surface area contributed by atoms with Gasteiger partial charge in [-0.1, -0.05) is 24.4 Å². The Morgan fingerprint density at radius 3 is 2.77 bits per heavy atom. The van der Waals surface area contributed by atoms with Gasteiger partial charge in [0.05, 0.1) is 5.69 Å². The minimum absolute atomic E-state index is 0.0419. The van der Waals surface area contributed by atoms with Gasteiger partial charge in [-0.05, 0) is 12.8 Å². The number of hydrogen-bond acceptors (Lipinski definition) is 3. The van der Waals surface area contributed by atoms with Gasteiger partial charge in [0.15, 0.2) is 5.76 Å². The predicted octanol–water partition coefficient (Wildman–Crippen LogP) is 2.21. The van der Waals surface area contributed by atoms with Crippen LogP contribution >= 0.6 is 0 Å². The highest BCUT2D eigenvalue weighted by atomic mass is 16.5. The zero-order valence-corrected chi connectivity index (χ0v) is 7.70. The summed E-state index contributed by atoms with van der Waals surface area (Å²) in [5, 5.41) is 12.8. The van der Waals surface area contributed by atoms with E-state index in [1.54, 1.807) is 0 Å². The van der Waals surface area contributed by atoms with Gasteiger partial charge in [-0.2, -0.15) is 0 Å². The molecule has 0 aliphatic heterocycles. The van der Waals surface area contributed by atoms with Crippen LogP contribution in [0.5, 0.6) is 0 Å². The van der Waals surface area contributed by atoms with E-state index in [0.29, 0.717) is 11.7 Å². The Morgan fingerprint density at radius 2 is 2.15 bits per heavy atom. The summed E-state index contributed by atoms with van der Waals surface area (Å²) in [6, 6.07) is 1.88. The first-order valence-corrected chi connectivity index (χ1v) is 4.96. The predicted molar refractivity (Wildman–Crippen MR) is 48.3 cm³/mol. The first-order chi connectivity index (χ1) is 6.40. The highest BCUT2D eigenvalue weighted by molar-refractivity contribution is 5.10. The normalized spacial score (nSPS) is 19.2. The molecular weight excluding hydrogens is 166 g/mol. The van der Waals surface area contributed by atoms with Crippen molar-refractivity contribution < 1.29 is 9.63 Å². The van der Waals surface area contributed by atoms with Crippen LogP contribution in [-0.2, 0) is 6.61 Å². The number of nitrogens with zero attached hydrogens (tertiary/aromatic N) is 1. The van der Waals surface area contributed by atoms with Crippen LogP contribution < -0.4 is 0 Å². The monoisotopic (exact) mass is 181 g/mol. The number of aliphatic hydroxyl groups is 1. The summed E-state index contributed by atoms with van der Waals surface area (Å²) >= 11 is 0. The topological polar surface area (TPSA) is 46.3 Å². The van der Waals surface area contributed by atoms with E-state index in [1.807, 2.05) is 6.07 Å². The van der Waals surface area contributed by atoms with Gasteiger partial charge in [0.2, 0.25) is 0 Å². The van der Waals surface area contributed by atoms with Gasteiger partial charge >= 0.3 is 0 Å². The molecule has 1 aromatic rings. The second-order valence-corrected chi connectivity index (χ2v) is 3.71. The SMILES string of the molecule is OCc1cc(C2CCCCC2)no1. The standard InChI is InChI=1S/C10H15NO2/c12-7-9-6-10(11-13-9)8-4-2-1-3-5-8/h6,8,12H,1-5,7H2. The van der Waals surface area contributed by atoms with Gasteiger partial charge < -0.3 is 9.63 Å². The van der Waals surface area contributed by atoms with E-state index in [9.17, 15) is 0 Å². The van der Waals surface area contributed by atoms with E-state index >= 15 is 0 Å². The zero-order chi connectivity index (χ0) is 9.10. The van der Waals surface area contributed by atoms with Crippen molar-refractivity contribution in [3.05, 3.63) is 17.5 Å². The first-order valence-electron chi connectivity index (χ1n) is 4.96. The van der Waals surface area contributed by atoms with Gasteiger partial charge in [0.1, 0.15) is 6.61 Å². The molecule has 1 N–H and O–H groups in total.